The molecule has 0 unspecified atom stereocenters. The molecule has 1 aliphatic rings. The van der Waals surface area contributed by atoms with Crippen LogP contribution in [0.15, 0.2) is 107 Å². The monoisotopic (exact) mass is 598 g/mol. The lowest BCUT2D eigenvalue weighted by Gasteiger charge is -2.37. The smallest absolute Gasteiger partial charge is 0.328 e. The highest BCUT2D eigenvalue weighted by Gasteiger charge is 2.42. The third-order valence-corrected chi connectivity index (χ3v) is 11.9. The summed E-state index contributed by atoms with van der Waals surface area (Å²) in [6.45, 7) is 9.57. The zero-order valence-electron chi connectivity index (χ0n) is 25.1. The van der Waals surface area contributed by atoms with E-state index >= 15 is 0 Å². The van der Waals surface area contributed by atoms with E-state index in [2.05, 4.69) is 97.4 Å². The molecule has 1 saturated carbocycles. The Balaban J connectivity index is 1.51. The molecule has 0 radical (unpaired) electrons. The van der Waals surface area contributed by atoms with Gasteiger partial charge in [0.2, 0.25) is 0 Å². The van der Waals surface area contributed by atoms with E-state index in [1.807, 2.05) is 30.0 Å². The summed E-state index contributed by atoms with van der Waals surface area (Å²) in [4.78, 5) is 27.5. The average molecular weight is 599 g/mol. The van der Waals surface area contributed by atoms with Crippen LogP contribution >= 0.6 is 11.8 Å². The van der Waals surface area contributed by atoms with Crippen molar-refractivity contribution < 1.29 is 4.74 Å². The zero-order chi connectivity index (χ0) is 29.7. The lowest BCUT2D eigenvalue weighted by molar-refractivity contribution is -0.00684. The first-order chi connectivity index (χ1) is 20.2. The molecule has 0 spiro atoms. The first-order valence-electron chi connectivity index (χ1n) is 14.9. The molecule has 42 heavy (non-hydrogen) atoms. The lowest BCUT2D eigenvalue weighted by atomic mass is 9.80. The van der Waals surface area contributed by atoms with Crippen LogP contribution in [-0.2, 0) is 10.3 Å². The molecule has 1 N–H and O–H groups in total. The Bertz CT molecular complexity index is 1470. The fraction of sp³-hybridized carbons (Fsp3) is 0.371. The van der Waals surface area contributed by atoms with Crippen LogP contribution in [0.5, 0.6) is 0 Å². The van der Waals surface area contributed by atoms with Crippen LogP contribution in [0.2, 0.25) is 25.7 Å². The van der Waals surface area contributed by atoms with Gasteiger partial charge in [0.1, 0.15) is 5.60 Å². The van der Waals surface area contributed by atoms with E-state index in [0.717, 1.165) is 35.3 Å². The highest BCUT2D eigenvalue weighted by Crippen LogP contribution is 2.45. The molecule has 3 aromatic carbocycles. The van der Waals surface area contributed by atoms with Crippen LogP contribution in [0.4, 0.5) is 0 Å². The molecule has 0 amide bonds. The number of hydrogen-bond donors (Lipinski definition) is 1. The van der Waals surface area contributed by atoms with Crippen molar-refractivity contribution in [2.45, 2.75) is 62.3 Å². The molecule has 7 heteroatoms. The maximum atomic E-state index is 12.9. The minimum atomic E-state index is -1.18. The highest BCUT2D eigenvalue weighted by molar-refractivity contribution is 8.00. The molecule has 0 bridgehead atoms. The molecule has 0 saturated heterocycles. The van der Waals surface area contributed by atoms with Crippen molar-refractivity contribution in [3.05, 3.63) is 140 Å². The van der Waals surface area contributed by atoms with Crippen LogP contribution in [-0.4, -0.2) is 35.2 Å². The first-order valence-corrected chi connectivity index (χ1v) is 19.7. The number of thioether (sulfide) groups is 1. The van der Waals surface area contributed by atoms with E-state index < -0.39 is 13.7 Å². The van der Waals surface area contributed by atoms with Gasteiger partial charge in [-0.25, -0.2) is 4.79 Å². The standard InChI is InChI=1S/C35H42N2O3SSi/c1-26-24-37(34(39)36-33(26)38)31-22-27(32(23-31)41-20-21-42(2,3)4)25-40-35(28-14-8-5-9-15-28,29-16-10-6-11-17-29)30-18-12-7-13-19-30/h5-19,24,27,31-32H,20-23,25H2,1-4H3,(H,36,38,39)/t27-,31-,32+/m1/s1. The summed E-state index contributed by atoms with van der Waals surface area (Å²) in [6, 6.07) is 32.8. The Morgan fingerprint density at radius 1 is 0.857 bits per heavy atom. The van der Waals surface area contributed by atoms with Crippen LogP contribution in [0, 0.1) is 12.8 Å². The third-order valence-electron chi connectivity index (χ3n) is 8.38. The van der Waals surface area contributed by atoms with Crippen molar-refractivity contribution in [3.63, 3.8) is 0 Å². The van der Waals surface area contributed by atoms with Gasteiger partial charge in [0.05, 0.1) is 6.61 Å². The normalized spacial score (nSPS) is 19.2. The number of aryl methyl sites for hydroxylation is 1. The molecule has 1 fully saturated rings. The van der Waals surface area contributed by atoms with Gasteiger partial charge in [-0.05, 0) is 54.2 Å². The van der Waals surface area contributed by atoms with Gasteiger partial charge in [0, 0.05) is 31.1 Å². The minimum absolute atomic E-state index is 0.0191. The molecule has 5 rings (SSSR count). The number of nitrogens with zero attached hydrogens (tertiary/aromatic N) is 1. The summed E-state index contributed by atoms with van der Waals surface area (Å²) in [7, 11) is -1.18. The average Bonchev–Trinajstić information content (AvgIpc) is 3.39. The van der Waals surface area contributed by atoms with E-state index in [9.17, 15) is 9.59 Å². The number of nitrogens with one attached hydrogen (secondary N) is 1. The number of hydrogen-bond acceptors (Lipinski definition) is 4. The van der Waals surface area contributed by atoms with Crippen LogP contribution in [0.3, 0.4) is 0 Å². The second-order valence-electron chi connectivity index (χ2n) is 12.7. The minimum Gasteiger partial charge on any atom is -0.361 e. The van der Waals surface area contributed by atoms with E-state index in [-0.39, 0.29) is 23.2 Å². The molecular weight excluding hydrogens is 557 g/mol. The van der Waals surface area contributed by atoms with Gasteiger partial charge >= 0.3 is 5.69 Å². The number of aromatic amines is 1. The van der Waals surface area contributed by atoms with E-state index in [1.54, 1.807) is 17.7 Å². The van der Waals surface area contributed by atoms with Crippen molar-refractivity contribution in [2.24, 2.45) is 5.92 Å². The molecule has 3 atom stereocenters. The quantitative estimate of drug-likeness (QED) is 0.146. The van der Waals surface area contributed by atoms with Crippen molar-refractivity contribution >= 4 is 19.8 Å². The summed E-state index contributed by atoms with van der Waals surface area (Å²) in [5.41, 5.74) is 2.42. The predicted octanol–water partition coefficient (Wildman–Crippen LogP) is 7.24. The summed E-state index contributed by atoms with van der Waals surface area (Å²) in [6.07, 6.45) is 3.44. The number of rotatable bonds is 11. The fourth-order valence-electron chi connectivity index (χ4n) is 6.04. The number of ether oxygens (including phenoxy) is 1. The summed E-state index contributed by atoms with van der Waals surface area (Å²) in [5, 5.41) is 0.352. The Morgan fingerprint density at radius 3 is 1.88 bits per heavy atom. The maximum absolute atomic E-state index is 12.9. The number of benzene rings is 3. The maximum Gasteiger partial charge on any atom is 0.328 e. The van der Waals surface area contributed by atoms with Crippen LogP contribution < -0.4 is 11.2 Å². The fourth-order valence-corrected chi connectivity index (χ4v) is 10.1. The van der Waals surface area contributed by atoms with Crippen molar-refractivity contribution in [2.75, 3.05) is 12.4 Å². The summed E-state index contributed by atoms with van der Waals surface area (Å²) in [5.74, 6) is 1.36. The van der Waals surface area contributed by atoms with Gasteiger partial charge in [-0.15, -0.1) is 0 Å². The SMILES string of the molecule is Cc1cn([C@@H]2C[C@H](COC(c3ccccc3)(c3ccccc3)c3ccccc3)[C@@H](SCC[Si](C)(C)C)C2)c(=O)[nH]c1=O. The lowest BCUT2D eigenvalue weighted by Crippen LogP contribution is -2.35. The van der Waals surface area contributed by atoms with E-state index in [4.69, 9.17) is 4.74 Å². The Morgan fingerprint density at radius 2 is 1.38 bits per heavy atom. The summed E-state index contributed by atoms with van der Waals surface area (Å²) >= 11 is 2.04. The molecular formula is C35H42N2O3SSi. The molecule has 0 aliphatic heterocycles. The molecule has 5 nitrogen and oxygen atoms in total. The van der Waals surface area contributed by atoms with E-state index in [1.165, 1.54) is 6.04 Å². The van der Waals surface area contributed by atoms with Crippen molar-refractivity contribution in [3.8, 4) is 0 Å². The van der Waals surface area contributed by atoms with Gasteiger partial charge in [-0.1, -0.05) is 111 Å². The van der Waals surface area contributed by atoms with Gasteiger partial charge in [0.15, 0.2) is 0 Å². The molecule has 1 aromatic heterocycles. The zero-order valence-corrected chi connectivity index (χ0v) is 26.9. The Labute approximate surface area is 254 Å². The van der Waals surface area contributed by atoms with Gasteiger partial charge in [0.25, 0.3) is 5.56 Å². The van der Waals surface area contributed by atoms with Gasteiger partial charge in [-0.2, -0.15) is 11.8 Å². The molecule has 1 aliphatic carbocycles. The topological polar surface area (TPSA) is 64.1 Å². The summed E-state index contributed by atoms with van der Waals surface area (Å²) < 4.78 is 9.01. The Hall–Kier alpha value is -3.13. The van der Waals surface area contributed by atoms with Crippen molar-refractivity contribution in [1.29, 1.82) is 0 Å². The number of H-pyrrole nitrogens is 1. The first kappa shape index (κ1) is 30.3. The van der Waals surface area contributed by atoms with Crippen LogP contribution in [0.1, 0.15) is 41.1 Å². The largest absolute Gasteiger partial charge is 0.361 e. The third kappa shape index (κ3) is 6.74. The molecule has 1 heterocycles. The van der Waals surface area contributed by atoms with E-state index in [0.29, 0.717) is 17.4 Å². The highest BCUT2D eigenvalue weighted by atomic mass is 32.2. The van der Waals surface area contributed by atoms with Gasteiger partial charge < -0.3 is 4.74 Å². The second-order valence-corrected chi connectivity index (χ2v) is 19.6. The second kappa shape index (κ2) is 13.0. The van der Waals surface area contributed by atoms with Gasteiger partial charge in [-0.3, -0.25) is 14.3 Å². The Kier molecular flexibility index (Phi) is 9.40. The number of aromatic nitrogens is 2. The molecule has 4 aromatic rings. The predicted molar refractivity (Wildman–Crippen MR) is 177 cm³/mol. The van der Waals surface area contributed by atoms with Crippen LogP contribution in [0.25, 0.3) is 0 Å². The van der Waals surface area contributed by atoms with Crippen molar-refractivity contribution in [1.82, 2.24) is 9.55 Å². The molecule has 220 valence electrons.